The maximum absolute atomic E-state index is 10.7. The van der Waals surface area contributed by atoms with Gasteiger partial charge in [-0.2, -0.15) is 0 Å². The van der Waals surface area contributed by atoms with Gasteiger partial charge in [-0.25, -0.2) is 4.79 Å². The van der Waals surface area contributed by atoms with Crippen molar-refractivity contribution in [2.24, 2.45) is 0 Å². The highest BCUT2D eigenvalue weighted by Gasteiger charge is 2.02. The Balaban J connectivity index is 2.77. The Morgan fingerprint density at radius 2 is 2.19 bits per heavy atom. The van der Waals surface area contributed by atoms with E-state index in [-0.39, 0.29) is 0 Å². The Bertz CT molecular complexity index is 426. The van der Waals surface area contributed by atoms with Gasteiger partial charge >= 0.3 is 5.97 Å². The molecule has 16 heavy (non-hydrogen) atoms. The van der Waals surface area contributed by atoms with Gasteiger partial charge in [-0.3, -0.25) is 4.79 Å². The van der Waals surface area contributed by atoms with Crippen LogP contribution in [-0.2, 0) is 9.53 Å². The molecule has 0 radical (unpaired) electrons. The first-order valence-corrected chi connectivity index (χ1v) is 4.71. The third kappa shape index (κ3) is 3.40. The predicted octanol–water partition coefficient (Wildman–Crippen LogP) is 2.22. The molecule has 0 amide bonds. The van der Waals surface area contributed by atoms with Crippen LogP contribution in [0.4, 0.5) is 0 Å². The van der Waals surface area contributed by atoms with Gasteiger partial charge in [-0.05, 0) is 18.2 Å². The van der Waals surface area contributed by atoms with Crippen LogP contribution in [0.15, 0.2) is 30.5 Å². The molecule has 0 heterocycles. The molecule has 5 heteroatoms. The van der Waals surface area contributed by atoms with E-state index in [1.165, 1.54) is 19.2 Å². The van der Waals surface area contributed by atoms with E-state index in [1.54, 1.807) is 6.07 Å². The van der Waals surface area contributed by atoms with Crippen molar-refractivity contribution in [1.29, 1.82) is 0 Å². The number of methoxy groups -OCH3 is 1. The van der Waals surface area contributed by atoms with E-state index < -0.39 is 5.97 Å². The van der Waals surface area contributed by atoms with E-state index in [0.717, 1.165) is 12.3 Å². The zero-order valence-corrected chi connectivity index (χ0v) is 9.23. The summed E-state index contributed by atoms with van der Waals surface area (Å²) in [7, 11) is 1.26. The second kappa shape index (κ2) is 5.92. The van der Waals surface area contributed by atoms with Crippen molar-refractivity contribution < 1.29 is 19.1 Å². The minimum Gasteiger partial charge on any atom is -0.466 e. The Kier molecular flexibility index (Phi) is 4.54. The van der Waals surface area contributed by atoms with Crippen LogP contribution >= 0.6 is 11.6 Å². The monoisotopic (exact) mass is 240 g/mol. The molecule has 0 spiro atoms. The number of halogens is 1. The van der Waals surface area contributed by atoms with Gasteiger partial charge in [0, 0.05) is 5.02 Å². The van der Waals surface area contributed by atoms with Crippen LogP contribution in [0.5, 0.6) is 5.75 Å². The largest absolute Gasteiger partial charge is 0.466 e. The van der Waals surface area contributed by atoms with Crippen LogP contribution in [0.25, 0.3) is 0 Å². The lowest BCUT2D eigenvalue weighted by atomic mass is 10.2. The number of hydrogen-bond donors (Lipinski definition) is 0. The highest BCUT2D eigenvalue weighted by molar-refractivity contribution is 6.30. The molecule has 0 aliphatic carbocycles. The lowest BCUT2D eigenvalue weighted by Gasteiger charge is -2.03. The van der Waals surface area contributed by atoms with Gasteiger partial charge in [0.2, 0.25) is 0 Å². The first-order valence-electron chi connectivity index (χ1n) is 4.33. The zero-order chi connectivity index (χ0) is 12.0. The minimum atomic E-state index is -0.540. The SMILES string of the molecule is COC(=O)/C=C/Oc1ccc(Cl)cc1C=O. The average molecular weight is 241 g/mol. The fourth-order valence-corrected chi connectivity index (χ4v) is 1.13. The number of esters is 1. The lowest BCUT2D eigenvalue weighted by Crippen LogP contribution is -1.96. The van der Waals surface area contributed by atoms with Gasteiger partial charge in [-0.15, -0.1) is 0 Å². The first-order chi connectivity index (χ1) is 7.67. The van der Waals surface area contributed by atoms with Gasteiger partial charge in [0.1, 0.15) is 5.75 Å². The topological polar surface area (TPSA) is 52.6 Å². The molecule has 1 rings (SSSR count). The highest BCUT2D eigenvalue weighted by Crippen LogP contribution is 2.21. The standard InChI is InChI=1S/C11H9ClO4/c1-15-11(14)4-5-16-10-3-2-9(12)6-8(10)7-13/h2-7H,1H3/b5-4+. The summed E-state index contributed by atoms with van der Waals surface area (Å²) < 4.78 is 9.45. The molecule has 0 aliphatic heterocycles. The summed E-state index contributed by atoms with van der Waals surface area (Å²) in [6, 6.07) is 4.58. The number of aldehydes is 1. The predicted molar refractivity (Wildman–Crippen MR) is 58.6 cm³/mol. The van der Waals surface area contributed by atoms with Gasteiger partial charge in [0.15, 0.2) is 6.29 Å². The van der Waals surface area contributed by atoms with E-state index in [1.807, 2.05) is 0 Å². The van der Waals surface area contributed by atoms with Crippen LogP contribution in [0.1, 0.15) is 10.4 Å². The summed E-state index contributed by atoms with van der Waals surface area (Å²) in [5, 5.41) is 0.436. The molecule has 0 fully saturated rings. The summed E-state index contributed by atoms with van der Waals surface area (Å²) in [6.07, 6.45) is 2.86. The van der Waals surface area contributed by atoms with Gasteiger partial charge in [0.25, 0.3) is 0 Å². The van der Waals surface area contributed by atoms with E-state index in [0.29, 0.717) is 22.6 Å². The Hall–Kier alpha value is -1.81. The summed E-state index contributed by atoms with van der Waals surface area (Å²) in [5.74, 6) is -0.221. The third-order valence-electron chi connectivity index (χ3n) is 1.70. The van der Waals surface area contributed by atoms with Crippen molar-refractivity contribution in [2.45, 2.75) is 0 Å². The quantitative estimate of drug-likeness (QED) is 0.350. The maximum atomic E-state index is 10.7. The summed E-state index contributed by atoms with van der Waals surface area (Å²) in [5.41, 5.74) is 0.307. The molecular weight excluding hydrogens is 232 g/mol. The molecule has 0 bridgehead atoms. The molecule has 0 N–H and O–H groups in total. The molecule has 1 aromatic rings. The van der Waals surface area contributed by atoms with E-state index in [2.05, 4.69) is 4.74 Å². The number of carbonyl (C=O) groups is 2. The maximum Gasteiger partial charge on any atom is 0.333 e. The summed E-state index contributed by atoms with van der Waals surface area (Å²) in [6.45, 7) is 0. The van der Waals surface area contributed by atoms with E-state index >= 15 is 0 Å². The Morgan fingerprint density at radius 1 is 1.44 bits per heavy atom. The second-order valence-electron chi connectivity index (χ2n) is 2.74. The van der Waals surface area contributed by atoms with Crippen molar-refractivity contribution in [3.8, 4) is 5.75 Å². The number of ether oxygens (including phenoxy) is 2. The van der Waals surface area contributed by atoms with Gasteiger partial charge in [0.05, 0.1) is 25.0 Å². The summed E-state index contributed by atoms with van der Waals surface area (Å²) in [4.78, 5) is 21.4. The van der Waals surface area contributed by atoms with Crippen molar-refractivity contribution in [1.82, 2.24) is 0 Å². The number of hydrogen-bond acceptors (Lipinski definition) is 4. The molecule has 0 atom stereocenters. The first kappa shape index (κ1) is 12.3. The Labute approximate surface area is 97.4 Å². The molecule has 1 aromatic carbocycles. The number of benzene rings is 1. The van der Waals surface area contributed by atoms with Crippen LogP contribution in [-0.4, -0.2) is 19.4 Å². The number of rotatable bonds is 4. The molecule has 0 unspecified atom stereocenters. The van der Waals surface area contributed by atoms with Crippen molar-refractivity contribution >= 4 is 23.9 Å². The minimum absolute atomic E-state index is 0.307. The highest BCUT2D eigenvalue weighted by atomic mass is 35.5. The zero-order valence-electron chi connectivity index (χ0n) is 8.48. The average Bonchev–Trinajstić information content (AvgIpc) is 2.30. The Morgan fingerprint density at radius 3 is 2.81 bits per heavy atom. The molecule has 0 aromatic heterocycles. The lowest BCUT2D eigenvalue weighted by molar-refractivity contribution is -0.134. The van der Waals surface area contributed by atoms with Crippen LogP contribution < -0.4 is 4.74 Å². The van der Waals surface area contributed by atoms with Crippen molar-refractivity contribution in [2.75, 3.05) is 7.11 Å². The van der Waals surface area contributed by atoms with E-state index in [9.17, 15) is 9.59 Å². The molecule has 0 saturated carbocycles. The second-order valence-corrected chi connectivity index (χ2v) is 3.18. The molecule has 0 saturated heterocycles. The van der Waals surface area contributed by atoms with Crippen LogP contribution in [0, 0.1) is 0 Å². The van der Waals surface area contributed by atoms with E-state index in [4.69, 9.17) is 16.3 Å². The molecule has 84 valence electrons. The van der Waals surface area contributed by atoms with Crippen molar-refractivity contribution in [3.05, 3.63) is 41.1 Å². The smallest absolute Gasteiger partial charge is 0.333 e. The van der Waals surface area contributed by atoms with Gasteiger partial charge in [-0.1, -0.05) is 11.6 Å². The van der Waals surface area contributed by atoms with Crippen LogP contribution in [0.2, 0.25) is 5.02 Å². The fraction of sp³-hybridized carbons (Fsp3) is 0.0909. The fourth-order valence-electron chi connectivity index (χ4n) is 0.950. The molecule has 0 aliphatic rings. The number of carbonyl (C=O) groups excluding carboxylic acids is 2. The van der Waals surface area contributed by atoms with Gasteiger partial charge < -0.3 is 9.47 Å². The normalized spacial score (nSPS) is 10.1. The molecular formula is C11H9ClO4. The van der Waals surface area contributed by atoms with Crippen LogP contribution in [0.3, 0.4) is 0 Å². The van der Waals surface area contributed by atoms with Crippen molar-refractivity contribution in [3.63, 3.8) is 0 Å². The molecule has 4 nitrogen and oxygen atoms in total. The summed E-state index contributed by atoms with van der Waals surface area (Å²) >= 11 is 5.70. The third-order valence-corrected chi connectivity index (χ3v) is 1.93.